The molecular formula is C18H16N4O2S. The van der Waals surface area contributed by atoms with E-state index < -0.39 is 5.25 Å². The van der Waals surface area contributed by atoms with E-state index in [4.69, 9.17) is 5.73 Å². The fraction of sp³-hybridized carbons (Fsp3) is 0.111. The van der Waals surface area contributed by atoms with Crippen molar-refractivity contribution in [2.45, 2.75) is 11.7 Å². The molecule has 1 unspecified atom stereocenters. The van der Waals surface area contributed by atoms with Crippen molar-refractivity contribution in [3.8, 4) is 0 Å². The smallest absolute Gasteiger partial charge is 0.247 e. The molecule has 1 saturated heterocycles. The number of nitrogens with two attached hydrogens (primary N) is 1. The number of hydrogen-bond acceptors (Lipinski definition) is 5. The third-order valence-electron chi connectivity index (χ3n) is 3.55. The van der Waals surface area contributed by atoms with Gasteiger partial charge in [0.25, 0.3) is 0 Å². The van der Waals surface area contributed by atoms with Crippen LogP contribution < -0.4 is 10.6 Å². The van der Waals surface area contributed by atoms with Gasteiger partial charge in [-0.05, 0) is 17.7 Å². The molecule has 2 aromatic rings. The second-order valence-electron chi connectivity index (χ2n) is 5.31. The van der Waals surface area contributed by atoms with E-state index in [1.165, 1.54) is 4.90 Å². The summed E-state index contributed by atoms with van der Waals surface area (Å²) in [6, 6.07) is 18.3. The Morgan fingerprint density at radius 3 is 2.40 bits per heavy atom. The zero-order valence-corrected chi connectivity index (χ0v) is 14.1. The molecule has 0 bridgehead atoms. The largest absolute Gasteiger partial charge is 0.377 e. The third-order valence-corrected chi connectivity index (χ3v) is 4.52. The van der Waals surface area contributed by atoms with E-state index in [2.05, 4.69) is 10.2 Å². The van der Waals surface area contributed by atoms with Gasteiger partial charge in [0.1, 0.15) is 5.25 Å². The standard InChI is InChI=1S/C18H16N4O2S/c19-18(21-20-12-13-7-3-1-4-8-13)25-15-11-16(23)22(17(15)24)14-9-5-2-6-10-14/h1-10,12,15H,11H2,(H2,19,21)/b20-12+. The van der Waals surface area contributed by atoms with Crippen LogP contribution in [0.2, 0.25) is 0 Å². The molecule has 0 aliphatic carbocycles. The molecule has 0 radical (unpaired) electrons. The molecule has 3 rings (SSSR count). The first-order chi connectivity index (χ1) is 12.1. The molecule has 1 heterocycles. The van der Waals surface area contributed by atoms with Gasteiger partial charge in [-0.2, -0.15) is 5.10 Å². The summed E-state index contributed by atoms with van der Waals surface area (Å²) in [5.41, 5.74) is 7.29. The van der Waals surface area contributed by atoms with Crippen molar-refractivity contribution in [1.82, 2.24) is 0 Å². The predicted octanol–water partition coefficient (Wildman–Crippen LogP) is 2.40. The highest BCUT2D eigenvalue weighted by Crippen LogP contribution is 2.29. The average Bonchev–Trinajstić information content (AvgIpc) is 2.90. The Labute approximate surface area is 149 Å². The van der Waals surface area contributed by atoms with Crippen LogP contribution in [0.25, 0.3) is 0 Å². The van der Waals surface area contributed by atoms with E-state index in [9.17, 15) is 9.59 Å². The Morgan fingerprint density at radius 2 is 1.72 bits per heavy atom. The van der Waals surface area contributed by atoms with Gasteiger partial charge in [-0.1, -0.05) is 60.3 Å². The topological polar surface area (TPSA) is 88.1 Å². The van der Waals surface area contributed by atoms with Gasteiger partial charge in [-0.3, -0.25) is 9.59 Å². The van der Waals surface area contributed by atoms with Crippen LogP contribution in [0.3, 0.4) is 0 Å². The highest BCUT2D eigenvalue weighted by molar-refractivity contribution is 8.14. The molecule has 126 valence electrons. The molecular weight excluding hydrogens is 336 g/mol. The van der Waals surface area contributed by atoms with Crippen LogP contribution in [-0.4, -0.2) is 28.4 Å². The third kappa shape index (κ3) is 4.13. The minimum Gasteiger partial charge on any atom is -0.377 e. The molecule has 2 amide bonds. The lowest BCUT2D eigenvalue weighted by Crippen LogP contribution is -2.31. The number of para-hydroxylation sites is 1. The Bertz CT molecular complexity index is 821. The molecule has 2 N–H and O–H groups in total. The van der Waals surface area contributed by atoms with Gasteiger partial charge in [0, 0.05) is 6.42 Å². The second kappa shape index (κ2) is 7.76. The summed E-state index contributed by atoms with van der Waals surface area (Å²) in [6.07, 6.45) is 1.67. The SMILES string of the molecule is N/C(=N\N=C\c1ccccc1)SC1CC(=O)N(c2ccccc2)C1=O. The Balaban J connectivity index is 1.65. The average molecular weight is 352 g/mol. The van der Waals surface area contributed by atoms with Crippen LogP contribution in [0.15, 0.2) is 70.9 Å². The van der Waals surface area contributed by atoms with Crippen LogP contribution in [-0.2, 0) is 9.59 Å². The highest BCUT2D eigenvalue weighted by atomic mass is 32.2. The van der Waals surface area contributed by atoms with E-state index in [1.54, 1.807) is 30.5 Å². The van der Waals surface area contributed by atoms with Gasteiger partial charge in [0.05, 0.1) is 11.9 Å². The number of amidine groups is 1. The summed E-state index contributed by atoms with van der Waals surface area (Å²) in [5.74, 6) is -0.527. The van der Waals surface area contributed by atoms with E-state index >= 15 is 0 Å². The summed E-state index contributed by atoms with van der Waals surface area (Å²) in [6.45, 7) is 0. The van der Waals surface area contributed by atoms with Gasteiger partial charge < -0.3 is 5.73 Å². The predicted molar refractivity (Wildman–Crippen MR) is 101 cm³/mol. The van der Waals surface area contributed by atoms with Crippen LogP contribution in [0.1, 0.15) is 12.0 Å². The maximum absolute atomic E-state index is 12.5. The molecule has 1 aliphatic rings. The minimum atomic E-state index is -0.580. The number of carbonyl (C=O) groups excluding carboxylic acids is 2. The maximum Gasteiger partial charge on any atom is 0.247 e. The maximum atomic E-state index is 12.5. The van der Waals surface area contributed by atoms with Gasteiger partial charge in [0.15, 0.2) is 5.17 Å². The van der Waals surface area contributed by atoms with Gasteiger partial charge in [0.2, 0.25) is 11.8 Å². The molecule has 0 saturated carbocycles. The van der Waals surface area contributed by atoms with Crippen LogP contribution in [0.4, 0.5) is 5.69 Å². The van der Waals surface area contributed by atoms with Crippen molar-refractivity contribution in [1.29, 1.82) is 0 Å². The summed E-state index contributed by atoms with van der Waals surface area (Å²) in [4.78, 5) is 25.8. The fourth-order valence-electron chi connectivity index (χ4n) is 2.41. The zero-order chi connectivity index (χ0) is 17.6. The van der Waals surface area contributed by atoms with Crippen molar-refractivity contribution in [2.75, 3.05) is 4.90 Å². The number of nitrogens with zero attached hydrogens (tertiary/aromatic N) is 3. The zero-order valence-electron chi connectivity index (χ0n) is 13.3. The first kappa shape index (κ1) is 16.9. The Morgan fingerprint density at radius 1 is 1.08 bits per heavy atom. The number of hydrogen-bond donors (Lipinski definition) is 1. The van der Waals surface area contributed by atoms with Crippen LogP contribution >= 0.6 is 11.8 Å². The molecule has 1 atom stereocenters. The molecule has 25 heavy (non-hydrogen) atoms. The molecule has 6 nitrogen and oxygen atoms in total. The summed E-state index contributed by atoms with van der Waals surface area (Å²) >= 11 is 1.05. The van der Waals surface area contributed by atoms with E-state index in [0.29, 0.717) is 5.69 Å². The lowest BCUT2D eigenvalue weighted by molar-refractivity contribution is -0.121. The quantitative estimate of drug-likeness (QED) is 0.396. The van der Waals surface area contributed by atoms with Gasteiger partial charge in [-0.25, -0.2) is 4.90 Å². The van der Waals surface area contributed by atoms with Crippen LogP contribution in [0, 0.1) is 0 Å². The van der Waals surface area contributed by atoms with Gasteiger partial charge >= 0.3 is 0 Å². The number of anilines is 1. The lowest BCUT2D eigenvalue weighted by atomic mass is 10.2. The first-order valence-corrected chi connectivity index (χ1v) is 8.53. The van der Waals surface area contributed by atoms with Crippen molar-refractivity contribution in [3.63, 3.8) is 0 Å². The van der Waals surface area contributed by atoms with Crippen molar-refractivity contribution >= 4 is 40.6 Å². The summed E-state index contributed by atoms with van der Waals surface area (Å²) < 4.78 is 0. The molecule has 1 fully saturated rings. The Hall–Kier alpha value is -2.93. The monoisotopic (exact) mass is 352 g/mol. The van der Waals surface area contributed by atoms with E-state index in [1.807, 2.05) is 36.4 Å². The van der Waals surface area contributed by atoms with Gasteiger partial charge in [-0.15, -0.1) is 5.10 Å². The molecule has 2 aromatic carbocycles. The normalized spacial score (nSPS) is 18.3. The van der Waals surface area contributed by atoms with Crippen molar-refractivity contribution in [3.05, 3.63) is 66.2 Å². The second-order valence-corrected chi connectivity index (χ2v) is 6.53. The van der Waals surface area contributed by atoms with E-state index in [0.717, 1.165) is 17.3 Å². The molecule has 0 aromatic heterocycles. The van der Waals surface area contributed by atoms with Crippen LogP contribution in [0.5, 0.6) is 0 Å². The number of imide groups is 1. The van der Waals surface area contributed by atoms with Crippen molar-refractivity contribution in [2.24, 2.45) is 15.9 Å². The number of amides is 2. The summed E-state index contributed by atoms with van der Waals surface area (Å²) in [5, 5.41) is 7.36. The molecule has 7 heteroatoms. The lowest BCUT2D eigenvalue weighted by Gasteiger charge is -2.14. The number of thioether (sulfide) groups is 1. The Kier molecular flexibility index (Phi) is 5.25. The van der Waals surface area contributed by atoms with E-state index in [-0.39, 0.29) is 23.4 Å². The minimum absolute atomic E-state index is 0.0943. The fourth-order valence-corrected chi connectivity index (χ4v) is 3.22. The number of carbonyl (C=O) groups is 2. The first-order valence-electron chi connectivity index (χ1n) is 7.65. The number of benzene rings is 2. The number of rotatable bonds is 4. The molecule has 0 spiro atoms. The molecule has 1 aliphatic heterocycles. The highest BCUT2D eigenvalue weighted by Gasteiger charge is 2.40. The summed E-state index contributed by atoms with van der Waals surface area (Å²) in [7, 11) is 0. The van der Waals surface area contributed by atoms with Crippen molar-refractivity contribution < 1.29 is 9.59 Å².